The van der Waals surface area contributed by atoms with Gasteiger partial charge in [0.2, 0.25) is 0 Å². The molecule has 19 heavy (non-hydrogen) atoms. The standard InChI is InChI=1S/C13H15F3N2O/c14-13(15,16)11-3-1-10(2-4-11)8-18-6-5-17-7-12(18)9-19/h1-4,9,12,17H,5-8H2. The largest absolute Gasteiger partial charge is 0.416 e. The number of alkyl halides is 3. The van der Waals surface area contributed by atoms with E-state index in [1.54, 1.807) is 0 Å². The molecule has 1 heterocycles. The molecule has 0 saturated carbocycles. The number of halogens is 3. The molecule has 2 rings (SSSR count). The number of rotatable bonds is 3. The molecule has 3 nitrogen and oxygen atoms in total. The third-order valence-electron chi connectivity index (χ3n) is 3.22. The lowest BCUT2D eigenvalue weighted by atomic mass is 10.1. The molecule has 1 fully saturated rings. The molecule has 1 aromatic rings. The molecule has 0 spiro atoms. The third-order valence-corrected chi connectivity index (χ3v) is 3.22. The second-order valence-electron chi connectivity index (χ2n) is 4.57. The second-order valence-corrected chi connectivity index (χ2v) is 4.57. The molecule has 1 aromatic carbocycles. The van der Waals surface area contributed by atoms with Gasteiger partial charge >= 0.3 is 6.18 Å². The van der Waals surface area contributed by atoms with Crippen molar-refractivity contribution in [1.29, 1.82) is 0 Å². The lowest BCUT2D eigenvalue weighted by Crippen LogP contribution is -2.51. The average Bonchev–Trinajstić information content (AvgIpc) is 2.39. The SMILES string of the molecule is O=CC1CNCCN1Cc1ccc(C(F)(F)F)cc1. The minimum absolute atomic E-state index is 0.212. The zero-order chi connectivity index (χ0) is 13.9. The molecular formula is C13H15F3N2O. The number of carbonyl (C=O) groups excluding carboxylic acids is 1. The summed E-state index contributed by atoms with van der Waals surface area (Å²) in [7, 11) is 0. The highest BCUT2D eigenvalue weighted by Gasteiger charge is 2.30. The normalized spacial score (nSPS) is 21.3. The summed E-state index contributed by atoms with van der Waals surface area (Å²) in [6.45, 7) is 2.57. The molecule has 0 amide bonds. The van der Waals surface area contributed by atoms with Crippen LogP contribution < -0.4 is 5.32 Å². The van der Waals surface area contributed by atoms with Gasteiger partial charge in [-0.05, 0) is 17.7 Å². The predicted octanol–water partition coefficient (Wildman–Crippen LogP) is 1.68. The Bertz CT molecular complexity index is 431. The van der Waals surface area contributed by atoms with E-state index >= 15 is 0 Å². The van der Waals surface area contributed by atoms with E-state index in [0.29, 0.717) is 19.6 Å². The Kier molecular flexibility index (Phi) is 4.21. The predicted molar refractivity (Wildman–Crippen MR) is 64.6 cm³/mol. The Hall–Kier alpha value is -1.40. The first-order valence-electron chi connectivity index (χ1n) is 6.07. The number of benzene rings is 1. The van der Waals surface area contributed by atoms with Crippen LogP contribution in [0.25, 0.3) is 0 Å². The fourth-order valence-electron chi connectivity index (χ4n) is 2.13. The lowest BCUT2D eigenvalue weighted by molar-refractivity contribution is -0.137. The van der Waals surface area contributed by atoms with Crippen molar-refractivity contribution in [3.05, 3.63) is 35.4 Å². The molecule has 0 radical (unpaired) electrons. The lowest BCUT2D eigenvalue weighted by Gasteiger charge is -2.32. The topological polar surface area (TPSA) is 32.3 Å². The van der Waals surface area contributed by atoms with Gasteiger partial charge in [-0.1, -0.05) is 12.1 Å². The van der Waals surface area contributed by atoms with E-state index in [4.69, 9.17) is 0 Å². The monoisotopic (exact) mass is 272 g/mol. The van der Waals surface area contributed by atoms with Gasteiger partial charge in [-0.25, -0.2) is 0 Å². The summed E-state index contributed by atoms with van der Waals surface area (Å²) in [5, 5.41) is 3.11. The van der Waals surface area contributed by atoms with Crippen LogP contribution in [0.1, 0.15) is 11.1 Å². The Morgan fingerprint density at radius 3 is 2.58 bits per heavy atom. The Labute approximate surface area is 109 Å². The van der Waals surface area contributed by atoms with Gasteiger partial charge in [-0.15, -0.1) is 0 Å². The summed E-state index contributed by atoms with van der Waals surface area (Å²) in [5.74, 6) is 0. The molecule has 1 unspecified atom stereocenters. The van der Waals surface area contributed by atoms with Crippen molar-refractivity contribution >= 4 is 6.29 Å². The molecule has 1 saturated heterocycles. The highest BCUT2D eigenvalue weighted by molar-refractivity contribution is 5.58. The van der Waals surface area contributed by atoms with Gasteiger partial charge < -0.3 is 10.1 Å². The molecule has 1 aliphatic heterocycles. The number of nitrogens with one attached hydrogen (secondary N) is 1. The van der Waals surface area contributed by atoms with E-state index in [1.165, 1.54) is 12.1 Å². The molecule has 0 bridgehead atoms. The van der Waals surface area contributed by atoms with Gasteiger partial charge in [-0.2, -0.15) is 13.2 Å². The van der Waals surface area contributed by atoms with E-state index in [2.05, 4.69) is 5.32 Å². The van der Waals surface area contributed by atoms with Crippen LogP contribution >= 0.6 is 0 Å². The highest BCUT2D eigenvalue weighted by Crippen LogP contribution is 2.29. The zero-order valence-corrected chi connectivity index (χ0v) is 10.3. The van der Waals surface area contributed by atoms with E-state index in [-0.39, 0.29) is 6.04 Å². The summed E-state index contributed by atoms with van der Waals surface area (Å²) in [5.41, 5.74) is 0.130. The highest BCUT2D eigenvalue weighted by atomic mass is 19.4. The van der Waals surface area contributed by atoms with Crippen molar-refractivity contribution in [2.24, 2.45) is 0 Å². The van der Waals surface area contributed by atoms with E-state index in [1.807, 2.05) is 4.90 Å². The van der Waals surface area contributed by atoms with Crippen molar-refractivity contribution in [1.82, 2.24) is 10.2 Å². The number of hydrogen-bond acceptors (Lipinski definition) is 3. The minimum atomic E-state index is -4.31. The van der Waals surface area contributed by atoms with Gasteiger partial charge in [0.15, 0.2) is 0 Å². The zero-order valence-electron chi connectivity index (χ0n) is 10.3. The van der Waals surface area contributed by atoms with Gasteiger partial charge in [0.1, 0.15) is 6.29 Å². The second kappa shape index (κ2) is 5.71. The number of aldehydes is 1. The van der Waals surface area contributed by atoms with E-state index in [0.717, 1.165) is 30.5 Å². The van der Waals surface area contributed by atoms with E-state index in [9.17, 15) is 18.0 Å². The van der Waals surface area contributed by atoms with Gasteiger partial charge in [0.25, 0.3) is 0 Å². The Morgan fingerprint density at radius 1 is 1.32 bits per heavy atom. The first-order chi connectivity index (χ1) is 9.00. The van der Waals surface area contributed by atoms with Crippen LogP contribution in [0.15, 0.2) is 24.3 Å². The van der Waals surface area contributed by atoms with Crippen LogP contribution in [0.2, 0.25) is 0 Å². The van der Waals surface area contributed by atoms with Crippen LogP contribution in [0.3, 0.4) is 0 Å². The van der Waals surface area contributed by atoms with Gasteiger partial charge in [0.05, 0.1) is 11.6 Å². The number of piperazine rings is 1. The Balaban J connectivity index is 2.04. The first-order valence-corrected chi connectivity index (χ1v) is 6.07. The maximum absolute atomic E-state index is 12.4. The van der Waals surface area contributed by atoms with Crippen LogP contribution in [0, 0.1) is 0 Å². The number of hydrogen-bond donors (Lipinski definition) is 1. The number of carbonyl (C=O) groups is 1. The van der Waals surface area contributed by atoms with Crippen molar-refractivity contribution in [2.75, 3.05) is 19.6 Å². The Morgan fingerprint density at radius 2 is 2.00 bits per heavy atom. The molecule has 1 atom stereocenters. The van der Waals surface area contributed by atoms with Crippen LogP contribution in [0.5, 0.6) is 0 Å². The maximum atomic E-state index is 12.4. The molecule has 0 aromatic heterocycles. The fourth-order valence-corrected chi connectivity index (χ4v) is 2.13. The quantitative estimate of drug-likeness (QED) is 0.850. The summed E-state index contributed by atoms with van der Waals surface area (Å²) < 4.78 is 37.3. The molecule has 1 N–H and O–H groups in total. The summed E-state index contributed by atoms with van der Waals surface area (Å²) >= 11 is 0. The van der Waals surface area contributed by atoms with Crippen LogP contribution in [-0.2, 0) is 17.5 Å². The summed E-state index contributed by atoms with van der Waals surface area (Å²) in [6, 6.07) is 4.87. The molecular weight excluding hydrogens is 257 g/mol. The third kappa shape index (κ3) is 3.54. The molecule has 104 valence electrons. The summed E-state index contributed by atoms with van der Waals surface area (Å²) in [4.78, 5) is 12.9. The van der Waals surface area contributed by atoms with E-state index < -0.39 is 11.7 Å². The van der Waals surface area contributed by atoms with Crippen LogP contribution in [-0.4, -0.2) is 36.9 Å². The van der Waals surface area contributed by atoms with Gasteiger partial charge in [0, 0.05) is 26.2 Å². The van der Waals surface area contributed by atoms with Crippen molar-refractivity contribution in [3.8, 4) is 0 Å². The van der Waals surface area contributed by atoms with Crippen molar-refractivity contribution < 1.29 is 18.0 Å². The molecule has 1 aliphatic rings. The fraction of sp³-hybridized carbons (Fsp3) is 0.462. The number of nitrogens with zero attached hydrogens (tertiary/aromatic N) is 1. The molecule has 6 heteroatoms. The first kappa shape index (κ1) is 14.0. The van der Waals surface area contributed by atoms with Crippen molar-refractivity contribution in [2.45, 2.75) is 18.8 Å². The smallest absolute Gasteiger partial charge is 0.313 e. The molecule has 0 aliphatic carbocycles. The van der Waals surface area contributed by atoms with Gasteiger partial charge in [-0.3, -0.25) is 4.90 Å². The van der Waals surface area contributed by atoms with Crippen molar-refractivity contribution in [3.63, 3.8) is 0 Å². The van der Waals surface area contributed by atoms with Crippen LogP contribution in [0.4, 0.5) is 13.2 Å². The maximum Gasteiger partial charge on any atom is 0.416 e. The minimum Gasteiger partial charge on any atom is -0.313 e. The average molecular weight is 272 g/mol. The summed E-state index contributed by atoms with van der Waals surface area (Å²) in [6.07, 6.45) is -3.44.